The van der Waals surface area contributed by atoms with Gasteiger partial charge in [0.2, 0.25) is 5.95 Å². The summed E-state index contributed by atoms with van der Waals surface area (Å²) in [6, 6.07) is 1.94. The van der Waals surface area contributed by atoms with Crippen molar-refractivity contribution in [1.29, 1.82) is 0 Å². The fourth-order valence-corrected chi connectivity index (χ4v) is 3.54. The highest BCUT2D eigenvalue weighted by atomic mass is 35.5. The molecule has 8 nitrogen and oxygen atoms in total. The maximum Gasteiger partial charge on any atom is 0.263 e. The van der Waals surface area contributed by atoms with Crippen LogP contribution in [0.15, 0.2) is 22.2 Å². The van der Waals surface area contributed by atoms with E-state index in [1.54, 1.807) is 29.4 Å². The van der Waals surface area contributed by atoms with Crippen LogP contribution in [0.5, 0.6) is 0 Å². The molecule has 3 heterocycles. The van der Waals surface area contributed by atoms with Crippen molar-refractivity contribution in [2.45, 2.75) is 31.0 Å². The number of piperidine rings is 1. The fraction of sp³-hybridized carbons (Fsp3) is 0.500. The van der Waals surface area contributed by atoms with Crippen molar-refractivity contribution < 1.29 is 4.79 Å². The maximum absolute atomic E-state index is 12.9. The molecular weight excluding hydrogens is 376 g/mol. The second-order valence-electron chi connectivity index (χ2n) is 6.07. The third-order valence-corrected chi connectivity index (χ3v) is 5.11. The molecule has 2 aromatic rings. The van der Waals surface area contributed by atoms with E-state index >= 15 is 0 Å². The van der Waals surface area contributed by atoms with Crippen LogP contribution in [0.25, 0.3) is 0 Å². The lowest BCUT2D eigenvalue weighted by Gasteiger charge is -2.25. The third kappa shape index (κ3) is 4.11. The second kappa shape index (κ2) is 8.70. The average Bonchev–Trinajstić information content (AvgIpc) is 2.95. The molecule has 0 aliphatic carbocycles. The van der Waals surface area contributed by atoms with E-state index in [9.17, 15) is 9.59 Å². The number of nitrogens with one attached hydrogen (secondary N) is 2. The van der Waals surface area contributed by atoms with E-state index < -0.39 is 5.91 Å². The van der Waals surface area contributed by atoms with Gasteiger partial charge in [-0.1, -0.05) is 11.8 Å². The van der Waals surface area contributed by atoms with Gasteiger partial charge in [0.15, 0.2) is 5.16 Å². The van der Waals surface area contributed by atoms with E-state index in [2.05, 4.69) is 20.7 Å². The van der Waals surface area contributed by atoms with E-state index in [1.165, 1.54) is 11.8 Å². The highest BCUT2D eigenvalue weighted by molar-refractivity contribution is 7.98. The van der Waals surface area contributed by atoms with Crippen molar-refractivity contribution in [2.24, 2.45) is 7.05 Å². The van der Waals surface area contributed by atoms with E-state index in [4.69, 9.17) is 0 Å². The summed E-state index contributed by atoms with van der Waals surface area (Å²) in [4.78, 5) is 29.8. The number of halogens is 1. The minimum atomic E-state index is -0.468. The SMILES string of the molecule is CSc1nc(NC(=O)c2c(C)ccn(C3CCNCC3)c2=O)nn1C.Cl. The Kier molecular flexibility index (Phi) is 6.85. The van der Waals surface area contributed by atoms with Gasteiger partial charge in [0.25, 0.3) is 11.5 Å². The van der Waals surface area contributed by atoms with Gasteiger partial charge < -0.3 is 9.88 Å². The Morgan fingerprint density at radius 3 is 2.69 bits per heavy atom. The van der Waals surface area contributed by atoms with Crippen molar-refractivity contribution in [3.63, 3.8) is 0 Å². The zero-order valence-corrected chi connectivity index (χ0v) is 16.6. The van der Waals surface area contributed by atoms with Crippen molar-refractivity contribution in [3.05, 3.63) is 33.7 Å². The Hall–Kier alpha value is -1.84. The van der Waals surface area contributed by atoms with Crippen LogP contribution < -0.4 is 16.2 Å². The molecule has 0 atom stereocenters. The summed E-state index contributed by atoms with van der Waals surface area (Å²) in [7, 11) is 1.76. The first-order chi connectivity index (χ1) is 12.0. The Morgan fingerprint density at radius 1 is 1.38 bits per heavy atom. The monoisotopic (exact) mass is 398 g/mol. The summed E-state index contributed by atoms with van der Waals surface area (Å²) in [5.74, 6) is -0.267. The summed E-state index contributed by atoms with van der Waals surface area (Å²) in [6.45, 7) is 3.52. The molecule has 2 N–H and O–H groups in total. The molecule has 26 heavy (non-hydrogen) atoms. The highest BCUT2D eigenvalue weighted by Crippen LogP contribution is 2.18. The predicted octanol–water partition coefficient (Wildman–Crippen LogP) is 1.61. The lowest BCUT2D eigenvalue weighted by molar-refractivity contribution is 0.102. The van der Waals surface area contributed by atoms with Gasteiger partial charge in [0.1, 0.15) is 5.56 Å². The molecule has 1 aliphatic heterocycles. The fourth-order valence-electron chi connectivity index (χ4n) is 3.05. The van der Waals surface area contributed by atoms with Gasteiger partial charge in [-0.3, -0.25) is 14.9 Å². The number of anilines is 1. The molecule has 1 saturated heterocycles. The topological polar surface area (TPSA) is 93.8 Å². The zero-order valence-electron chi connectivity index (χ0n) is 15.0. The van der Waals surface area contributed by atoms with Crippen LogP contribution in [0.1, 0.15) is 34.8 Å². The van der Waals surface area contributed by atoms with Gasteiger partial charge in [-0.2, -0.15) is 4.98 Å². The van der Waals surface area contributed by atoms with Gasteiger partial charge >= 0.3 is 0 Å². The minimum absolute atomic E-state index is 0. The van der Waals surface area contributed by atoms with Gasteiger partial charge in [-0.15, -0.1) is 17.5 Å². The zero-order chi connectivity index (χ0) is 18.0. The normalized spacial score (nSPS) is 14.7. The Labute approximate surface area is 162 Å². The van der Waals surface area contributed by atoms with Crippen molar-refractivity contribution in [3.8, 4) is 0 Å². The molecule has 0 unspecified atom stereocenters. The number of carbonyl (C=O) groups excluding carboxylic acids is 1. The molecule has 0 bridgehead atoms. The standard InChI is InChI=1S/C16H22N6O2S.ClH/c1-10-6-9-22(11-4-7-17-8-5-11)14(24)12(10)13(23)18-15-19-16(25-3)21(2)20-15;/h6,9,11,17H,4-5,7-8H2,1-3H3,(H,18,20,23);1H. The van der Waals surface area contributed by atoms with Gasteiger partial charge in [0, 0.05) is 19.3 Å². The molecule has 0 saturated carbocycles. The summed E-state index contributed by atoms with van der Waals surface area (Å²) < 4.78 is 3.27. The number of hydrogen-bond donors (Lipinski definition) is 2. The van der Waals surface area contributed by atoms with Crippen molar-refractivity contribution >= 4 is 36.0 Å². The smallest absolute Gasteiger partial charge is 0.263 e. The Bertz CT molecular complexity index is 844. The summed E-state index contributed by atoms with van der Waals surface area (Å²) in [5.41, 5.74) is 0.540. The number of thioether (sulfide) groups is 1. The minimum Gasteiger partial charge on any atom is -0.317 e. The van der Waals surface area contributed by atoms with Crippen molar-refractivity contribution in [1.82, 2.24) is 24.6 Å². The molecule has 0 radical (unpaired) electrons. The average molecular weight is 399 g/mol. The van der Waals surface area contributed by atoms with Gasteiger partial charge in [-0.05, 0) is 50.7 Å². The highest BCUT2D eigenvalue weighted by Gasteiger charge is 2.22. The van der Waals surface area contributed by atoms with Crippen molar-refractivity contribution in [2.75, 3.05) is 24.7 Å². The summed E-state index contributed by atoms with van der Waals surface area (Å²) in [5, 5.41) is 10.8. The number of carbonyl (C=O) groups is 1. The number of hydrogen-bond acceptors (Lipinski definition) is 6. The van der Waals surface area contributed by atoms with Crippen LogP contribution in [0, 0.1) is 6.92 Å². The molecule has 10 heteroatoms. The lowest BCUT2D eigenvalue weighted by Crippen LogP contribution is -2.37. The predicted molar refractivity (Wildman–Crippen MR) is 105 cm³/mol. The molecule has 0 aromatic carbocycles. The molecule has 142 valence electrons. The number of pyridine rings is 1. The molecule has 1 fully saturated rings. The maximum atomic E-state index is 12.9. The number of aromatic nitrogens is 4. The molecule has 0 spiro atoms. The first kappa shape index (κ1) is 20.5. The van der Waals surface area contributed by atoms with E-state index in [-0.39, 0.29) is 35.5 Å². The Morgan fingerprint density at radius 2 is 2.08 bits per heavy atom. The summed E-state index contributed by atoms with van der Waals surface area (Å²) in [6.07, 6.45) is 5.43. The molecule has 3 rings (SSSR count). The van der Waals surface area contributed by atoms with Crippen LogP contribution in [-0.4, -0.2) is 44.6 Å². The van der Waals surface area contributed by atoms with Gasteiger partial charge in [-0.25, -0.2) is 4.68 Å². The second-order valence-corrected chi connectivity index (χ2v) is 6.84. The largest absolute Gasteiger partial charge is 0.317 e. The number of aryl methyl sites for hydroxylation is 2. The van der Waals surface area contributed by atoms with Crippen LogP contribution in [0.2, 0.25) is 0 Å². The van der Waals surface area contributed by atoms with Crippen LogP contribution in [-0.2, 0) is 7.05 Å². The van der Waals surface area contributed by atoms with E-state index in [1.807, 2.05) is 12.3 Å². The van der Waals surface area contributed by atoms with Crippen LogP contribution in [0.3, 0.4) is 0 Å². The Balaban J connectivity index is 0.00000243. The van der Waals surface area contributed by atoms with E-state index in [0.29, 0.717) is 10.7 Å². The molecule has 2 aromatic heterocycles. The number of rotatable bonds is 4. The van der Waals surface area contributed by atoms with E-state index in [0.717, 1.165) is 25.9 Å². The van der Waals surface area contributed by atoms with Crippen LogP contribution >= 0.6 is 24.2 Å². The lowest BCUT2D eigenvalue weighted by atomic mass is 10.0. The third-order valence-electron chi connectivity index (χ3n) is 4.39. The first-order valence-electron chi connectivity index (χ1n) is 8.20. The van der Waals surface area contributed by atoms with Crippen LogP contribution in [0.4, 0.5) is 5.95 Å². The quantitative estimate of drug-likeness (QED) is 0.760. The molecule has 1 amide bonds. The molecule has 1 aliphatic rings. The summed E-state index contributed by atoms with van der Waals surface area (Å²) >= 11 is 1.43. The molecular formula is C16H23ClN6O2S. The number of amides is 1. The number of nitrogens with zero attached hydrogens (tertiary/aromatic N) is 4. The van der Waals surface area contributed by atoms with Gasteiger partial charge in [0.05, 0.1) is 0 Å². The first-order valence-corrected chi connectivity index (χ1v) is 9.42.